The molecule has 1 aliphatic heterocycles. The van der Waals surface area contributed by atoms with Crippen molar-refractivity contribution in [2.24, 2.45) is 0 Å². The molecule has 1 amide bonds. The van der Waals surface area contributed by atoms with E-state index in [0.29, 0.717) is 23.1 Å². The Balaban J connectivity index is 2.40. The summed E-state index contributed by atoms with van der Waals surface area (Å²) >= 11 is 3.24. The summed E-state index contributed by atoms with van der Waals surface area (Å²) in [4.78, 5) is 12.0. The zero-order valence-electron chi connectivity index (χ0n) is 11.7. The van der Waals surface area contributed by atoms with Crippen molar-refractivity contribution in [3.8, 4) is 0 Å². The molecule has 0 spiro atoms. The van der Waals surface area contributed by atoms with Gasteiger partial charge in [-0.1, -0.05) is 6.42 Å². The van der Waals surface area contributed by atoms with E-state index >= 15 is 0 Å². The number of halogens is 1. The maximum absolute atomic E-state index is 12.8. The highest BCUT2D eigenvalue weighted by molar-refractivity contribution is 9.10. The lowest BCUT2D eigenvalue weighted by Crippen LogP contribution is -2.51. The summed E-state index contributed by atoms with van der Waals surface area (Å²) in [6.45, 7) is 0.344. The summed E-state index contributed by atoms with van der Waals surface area (Å²) in [6, 6.07) is 3.85. The van der Waals surface area contributed by atoms with Crippen LogP contribution in [0, 0.1) is 0 Å². The number of hydrogen-bond donors (Lipinski definition) is 2. The zero-order chi connectivity index (χ0) is 15.6. The van der Waals surface area contributed by atoms with Crippen LogP contribution in [-0.4, -0.2) is 38.3 Å². The fourth-order valence-corrected chi connectivity index (χ4v) is 4.38. The summed E-state index contributed by atoms with van der Waals surface area (Å²) in [6.07, 6.45) is 2.12. The molecule has 1 saturated heterocycles. The first-order valence-electron chi connectivity index (χ1n) is 6.66. The smallest absolute Gasteiger partial charge is 0.243 e. The Bertz CT molecular complexity index is 648. The quantitative estimate of drug-likeness (QED) is 0.779. The molecule has 0 saturated carbocycles. The predicted octanol–water partition coefficient (Wildman–Crippen LogP) is 1.32. The SMILES string of the molecule is CNC(=O)C1CCCCN1S(=O)(=O)c1ccc(Br)c(N)c1. The summed E-state index contributed by atoms with van der Waals surface area (Å²) in [7, 11) is -2.22. The molecule has 1 aliphatic rings. The monoisotopic (exact) mass is 375 g/mol. The topological polar surface area (TPSA) is 92.5 Å². The van der Waals surface area contributed by atoms with Gasteiger partial charge in [0.05, 0.1) is 4.90 Å². The van der Waals surface area contributed by atoms with E-state index < -0.39 is 16.1 Å². The van der Waals surface area contributed by atoms with Gasteiger partial charge in [0.15, 0.2) is 0 Å². The fraction of sp³-hybridized carbons (Fsp3) is 0.462. The van der Waals surface area contributed by atoms with Crippen molar-refractivity contribution in [3.05, 3.63) is 22.7 Å². The molecule has 1 unspecified atom stereocenters. The van der Waals surface area contributed by atoms with E-state index in [4.69, 9.17) is 5.73 Å². The molecule has 8 heteroatoms. The third-order valence-corrected chi connectivity index (χ3v) is 6.20. The first kappa shape index (κ1) is 16.3. The van der Waals surface area contributed by atoms with E-state index in [2.05, 4.69) is 21.2 Å². The van der Waals surface area contributed by atoms with Crippen molar-refractivity contribution in [2.75, 3.05) is 19.3 Å². The molecule has 2 rings (SSSR count). The van der Waals surface area contributed by atoms with Crippen LogP contribution < -0.4 is 11.1 Å². The van der Waals surface area contributed by atoms with Gasteiger partial charge in [0.25, 0.3) is 0 Å². The number of rotatable bonds is 3. The molecule has 3 N–H and O–H groups in total. The second kappa shape index (κ2) is 6.33. The minimum absolute atomic E-state index is 0.110. The van der Waals surface area contributed by atoms with Crippen LogP contribution in [0.1, 0.15) is 19.3 Å². The van der Waals surface area contributed by atoms with Crippen molar-refractivity contribution in [1.82, 2.24) is 9.62 Å². The molecule has 0 radical (unpaired) electrons. The van der Waals surface area contributed by atoms with Crippen LogP contribution in [0.4, 0.5) is 5.69 Å². The van der Waals surface area contributed by atoms with Crippen molar-refractivity contribution >= 4 is 37.5 Å². The number of likely N-dealkylation sites (N-methyl/N-ethyl adjacent to an activating group) is 1. The van der Waals surface area contributed by atoms with Crippen molar-refractivity contribution in [1.29, 1.82) is 0 Å². The van der Waals surface area contributed by atoms with E-state index in [-0.39, 0.29) is 10.8 Å². The molecule has 21 heavy (non-hydrogen) atoms. The van der Waals surface area contributed by atoms with Crippen LogP contribution >= 0.6 is 15.9 Å². The van der Waals surface area contributed by atoms with E-state index in [1.165, 1.54) is 23.5 Å². The van der Waals surface area contributed by atoms with Gasteiger partial charge in [0, 0.05) is 23.8 Å². The Morgan fingerprint density at radius 3 is 2.76 bits per heavy atom. The van der Waals surface area contributed by atoms with Gasteiger partial charge in [0.2, 0.25) is 15.9 Å². The van der Waals surface area contributed by atoms with Gasteiger partial charge >= 0.3 is 0 Å². The standard InChI is InChI=1S/C13H18BrN3O3S/c1-16-13(18)12-4-2-3-7-17(12)21(19,20)9-5-6-10(14)11(15)8-9/h5-6,8,12H,2-4,7,15H2,1H3,(H,16,18). The number of nitrogen functional groups attached to an aromatic ring is 1. The van der Waals surface area contributed by atoms with Gasteiger partial charge in [-0.2, -0.15) is 4.31 Å². The molecule has 116 valence electrons. The van der Waals surface area contributed by atoms with Crippen LogP contribution in [0.5, 0.6) is 0 Å². The molecule has 1 fully saturated rings. The molecule has 1 atom stereocenters. The normalized spacial score (nSPS) is 20.2. The van der Waals surface area contributed by atoms with Crippen molar-refractivity contribution in [2.45, 2.75) is 30.2 Å². The predicted molar refractivity (Wildman–Crippen MR) is 84.2 cm³/mol. The molecule has 6 nitrogen and oxygen atoms in total. The Kier molecular flexibility index (Phi) is 4.90. The number of nitrogens with zero attached hydrogens (tertiary/aromatic N) is 1. The van der Waals surface area contributed by atoms with Gasteiger partial charge in [-0.15, -0.1) is 0 Å². The number of hydrogen-bond acceptors (Lipinski definition) is 4. The second-order valence-electron chi connectivity index (χ2n) is 4.92. The van der Waals surface area contributed by atoms with Gasteiger partial charge in [-0.3, -0.25) is 4.79 Å². The van der Waals surface area contributed by atoms with Gasteiger partial charge in [-0.25, -0.2) is 8.42 Å². The second-order valence-corrected chi connectivity index (χ2v) is 7.67. The third kappa shape index (κ3) is 3.22. The number of amides is 1. The molecule has 0 aromatic heterocycles. The van der Waals surface area contributed by atoms with Crippen LogP contribution in [-0.2, 0) is 14.8 Å². The Morgan fingerprint density at radius 1 is 1.43 bits per heavy atom. The number of carbonyl (C=O) groups is 1. The van der Waals surface area contributed by atoms with Crippen molar-refractivity contribution in [3.63, 3.8) is 0 Å². The lowest BCUT2D eigenvalue weighted by atomic mass is 10.0. The summed E-state index contributed by atoms with van der Waals surface area (Å²) < 4.78 is 27.4. The number of sulfonamides is 1. The highest BCUT2D eigenvalue weighted by Gasteiger charge is 2.37. The number of benzene rings is 1. The maximum atomic E-state index is 12.8. The first-order valence-corrected chi connectivity index (χ1v) is 8.89. The minimum Gasteiger partial charge on any atom is -0.398 e. The first-order chi connectivity index (χ1) is 9.87. The number of piperidine rings is 1. The Morgan fingerprint density at radius 2 is 2.14 bits per heavy atom. The van der Waals surface area contributed by atoms with Gasteiger partial charge < -0.3 is 11.1 Å². The molecular formula is C13H18BrN3O3S. The van der Waals surface area contributed by atoms with Crippen LogP contribution in [0.25, 0.3) is 0 Å². The van der Waals surface area contributed by atoms with E-state index in [9.17, 15) is 13.2 Å². The van der Waals surface area contributed by atoms with Crippen LogP contribution in [0.2, 0.25) is 0 Å². The molecule has 0 bridgehead atoms. The van der Waals surface area contributed by atoms with Crippen LogP contribution in [0.3, 0.4) is 0 Å². The fourth-order valence-electron chi connectivity index (χ4n) is 2.44. The zero-order valence-corrected chi connectivity index (χ0v) is 14.1. The molecular weight excluding hydrogens is 358 g/mol. The van der Waals surface area contributed by atoms with Crippen molar-refractivity contribution < 1.29 is 13.2 Å². The lowest BCUT2D eigenvalue weighted by Gasteiger charge is -2.33. The summed E-state index contributed by atoms with van der Waals surface area (Å²) in [5.74, 6) is -0.275. The Hall–Kier alpha value is -1.12. The van der Waals surface area contributed by atoms with E-state index in [1.807, 2.05) is 0 Å². The van der Waals surface area contributed by atoms with Crippen LogP contribution in [0.15, 0.2) is 27.6 Å². The average molecular weight is 376 g/mol. The Labute approximate surface area is 132 Å². The van der Waals surface area contributed by atoms with E-state index in [1.54, 1.807) is 6.07 Å². The molecule has 0 aliphatic carbocycles. The third-order valence-electron chi connectivity index (χ3n) is 3.58. The number of anilines is 1. The highest BCUT2D eigenvalue weighted by atomic mass is 79.9. The van der Waals surface area contributed by atoms with Gasteiger partial charge in [0.1, 0.15) is 6.04 Å². The minimum atomic E-state index is -3.73. The molecule has 1 heterocycles. The van der Waals surface area contributed by atoms with Gasteiger partial charge in [-0.05, 0) is 47.0 Å². The highest BCUT2D eigenvalue weighted by Crippen LogP contribution is 2.29. The average Bonchev–Trinajstić information content (AvgIpc) is 2.49. The summed E-state index contributed by atoms with van der Waals surface area (Å²) in [5, 5.41) is 2.53. The maximum Gasteiger partial charge on any atom is 0.243 e. The lowest BCUT2D eigenvalue weighted by molar-refractivity contribution is -0.125. The molecule has 1 aromatic carbocycles. The number of carbonyl (C=O) groups excluding carboxylic acids is 1. The summed E-state index contributed by atoms with van der Waals surface area (Å²) in [5.41, 5.74) is 6.11. The largest absolute Gasteiger partial charge is 0.398 e. The number of nitrogens with two attached hydrogens (primary N) is 1. The molecule has 1 aromatic rings. The van der Waals surface area contributed by atoms with E-state index in [0.717, 1.165) is 12.8 Å². The number of nitrogens with one attached hydrogen (secondary N) is 1.